The van der Waals surface area contributed by atoms with E-state index in [0.717, 1.165) is 11.4 Å². The second-order valence-electron chi connectivity index (χ2n) is 4.00. The molecule has 2 aromatic rings. The number of hydrogen-bond donors (Lipinski definition) is 0. The maximum Gasteiger partial charge on any atom is 0.128 e. The lowest BCUT2D eigenvalue weighted by Gasteiger charge is -2.06. The molecule has 0 radical (unpaired) electrons. The first kappa shape index (κ1) is 11.3. The van der Waals surface area contributed by atoms with Crippen molar-refractivity contribution in [2.75, 3.05) is 0 Å². The summed E-state index contributed by atoms with van der Waals surface area (Å²) in [5.74, 6) is -0.309. The molecular weight excluding hydrogens is 217 g/mol. The van der Waals surface area contributed by atoms with Crippen molar-refractivity contribution in [2.45, 2.75) is 20.4 Å². The van der Waals surface area contributed by atoms with Crippen molar-refractivity contribution >= 4 is 0 Å². The van der Waals surface area contributed by atoms with Crippen LogP contribution < -0.4 is 0 Å². The van der Waals surface area contributed by atoms with E-state index in [1.807, 2.05) is 26.0 Å². The summed E-state index contributed by atoms with van der Waals surface area (Å²) in [7, 11) is 0. The fraction of sp³-hybridized carbons (Fsp3) is 0.231. The van der Waals surface area contributed by atoms with E-state index in [2.05, 4.69) is 5.10 Å². The summed E-state index contributed by atoms with van der Waals surface area (Å²) in [5.41, 5.74) is 2.82. The second kappa shape index (κ2) is 4.38. The van der Waals surface area contributed by atoms with Crippen molar-refractivity contribution in [3.63, 3.8) is 0 Å². The topological polar surface area (TPSA) is 41.6 Å². The van der Waals surface area contributed by atoms with Crippen molar-refractivity contribution in [3.8, 4) is 6.07 Å². The summed E-state index contributed by atoms with van der Waals surface area (Å²) in [5, 5.41) is 13.1. The van der Waals surface area contributed by atoms with Crippen LogP contribution in [0.3, 0.4) is 0 Å². The van der Waals surface area contributed by atoms with Crippen LogP contribution in [0.25, 0.3) is 0 Å². The molecule has 0 atom stereocenters. The van der Waals surface area contributed by atoms with Gasteiger partial charge < -0.3 is 0 Å². The molecule has 2 rings (SSSR count). The Labute approximate surface area is 99.1 Å². The Morgan fingerprint density at radius 1 is 1.35 bits per heavy atom. The van der Waals surface area contributed by atoms with E-state index in [-0.39, 0.29) is 5.82 Å². The minimum Gasteiger partial charge on any atom is -0.265 e. The lowest BCUT2D eigenvalue weighted by Crippen LogP contribution is -2.06. The second-order valence-corrected chi connectivity index (χ2v) is 4.00. The number of hydrogen-bond acceptors (Lipinski definition) is 2. The van der Waals surface area contributed by atoms with E-state index < -0.39 is 0 Å². The Balaban J connectivity index is 2.36. The zero-order valence-corrected chi connectivity index (χ0v) is 9.74. The highest BCUT2D eigenvalue weighted by atomic mass is 19.1. The van der Waals surface area contributed by atoms with Gasteiger partial charge in [0.1, 0.15) is 5.82 Å². The molecule has 0 amide bonds. The zero-order valence-electron chi connectivity index (χ0n) is 9.74. The third-order valence-electron chi connectivity index (χ3n) is 2.60. The lowest BCUT2D eigenvalue weighted by molar-refractivity contribution is 0.578. The lowest BCUT2D eigenvalue weighted by atomic mass is 10.1. The van der Waals surface area contributed by atoms with Gasteiger partial charge >= 0.3 is 0 Å². The number of nitriles is 1. The van der Waals surface area contributed by atoms with Gasteiger partial charge in [0.15, 0.2) is 0 Å². The first-order valence-electron chi connectivity index (χ1n) is 5.29. The molecule has 17 heavy (non-hydrogen) atoms. The Kier molecular flexibility index (Phi) is 2.92. The number of halogens is 1. The minimum absolute atomic E-state index is 0.309. The van der Waals surface area contributed by atoms with E-state index in [0.29, 0.717) is 17.7 Å². The first-order chi connectivity index (χ1) is 8.10. The van der Waals surface area contributed by atoms with Crippen molar-refractivity contribution in [2.24, 2.45) is 0 Å². The molecule has 0 bridgehead atoms. The number of benzene rings is 1. The van der Waals surface area contributed by atoms with Gasteiger partial charge in [-0.1, -0.05) is 0 Å². The molecule has 0 fully saturated rings. The highest BCUT2D eigenvalue weighted by Crippen LogP contribution is 2.13. The van der Waals surface area contributed by atoms with Gasteiger partial charge in [-0.15, -0.1) is 0 Å². The van der Waals surface area contributed by atoms with E-state index in [1.54, 1.807) is 10.7 Å². The molecule has 0 saturated carbocycles. The summed E-state index contributed by atoms with van der Waals surface area (Å²) >= 11 is 0. The van der Waals surface area contributed by atoms with Crippen LogP contribution in [0.15, 0.2) is 24.3 Å². The Morgan fingerprint density at radius 2 is 2.12 bits per heavy atom. The molecular formula is C13H12FN3. The van der Waals surface area contributed by atoms with Gasteiger partial charge in [-0.25, -0.2) is 4.39 Å². The van der Waals surface area contributed by atoms with Crippen LogP contribution in [0.4, 0.5) is 4.39 Å². The van der Waals surface area contributed by atoms with Gasteiger partial charge in [0, 0.05) is 11.3 Å². The van der Waals surface area contributed by atoms with Crippen LogP contribution in [0.1, 0.15) is 22.5 Å². The standard InChI is InChI=1S/C13H12FN3/c1-9-5-10(2)17(16-9)8-12-6-11(7-15)3-4-13(12)14/h3-6H,8H2,1-2H3. The highest BCUT2D eigenvalue weighted by Gasteiger charge is 2.07. The number of aromatic nitrogens is 2. The van der Waals surface area contributed by atoms with Gasteiger partial charge in [-0.2, -0.15) is 10.4 Å². The minimum atomic E-state index is -0.309. The molecule has 1 aromatic carbocycles. The number of rotatable bonds is 2. The smallest absolute Gasteiger partial charge is 0.128 e. The predicted molar refractivity (Wildman–Crippen MR) is 61.9 cm³/mol. The van der Waals surface area contributed by atoms with Crippen molar-refractivity contribution in [1.82, 2.24) is 9.78 Å². The van der Waals surface area contributed by atoms with Gasteiger partial charge in [-0.05, 0) is 38.1 Å². The molecule has 0 aliphatic carbocycles. The summed E-state index contributed by atoms with van der Waals surface area (Å²) in [6, 6.07) is 8.29. The van der Waals surface area contributed by atoms with Crippen molar-refractivity contribution in [1.29, 1.82) is 5.26 Å². The number of aryl methyl sites for hydroxylation is 2. The van der Waals surface area contributed by atoms with Crippen LogP contribution in [0, 0.1) is 31.0 Å². The molecule has 0 saturated heterocycles. The molecule has 3 nitrogen and oxygen atoms in total. The predicted octanol–water partition coefficient (Wildman–Crippen LogP) is 2.56. The molecule has 0 aliphatic rings. The maximum atomic E-state index is 13.6. The number of nitrogens with zero attached hydrogens (tertiary/aromatic N) is 3. The van der Waals surface area contributed by atoms with Gasteiger partial charge in [0.25, 0.3) is 0 Å². The van der Waals surface area contributed by atoms with Crippen LogP contribution in [0.2, 0.25) is 0 Å². The van der Waals surface area contributed by atoms with Crippen LogP contribution in [-0.2, 0) is 6.54 Å². The van der Waals surface area contributed by atoms with Crippen molar-refractivity contribution < 1.29 is 4.39 Å². The van der Waals surface area contributed by atoms with E-state index in [1.165, 1.54) is 12.1 Å². The molecule has 0 spiro atoms. The van der Waals surface area contributed by atoms with E-state index >= 15 is 0 Å². The molecule has 0 unspecified atom stereocenters. The van der Waals surface area contributed by atoms with Gasteiger partial charge in [-0.3, -0.25) is 4.68 Å². The normalized spacial score (nSPS) is 10.2. The first-order valence-corrected chi connectivity index (χ1v) is 5.29. The molecule has 0 N–H and O–H groups in total. The van der Waals surface area contributed by atoms with Crippen LogP contribution in [-0.4, -0.2) is 9.78 Å². The zero-order chi connectivity index (χ0) is 12.4. The van der Waals surface area contributed by atoms with E-state index in [9.17, 15) is 4.39 Å². The Bertz CT molecular complexity index is 593. The summed E-state index contributed by atoms with van der Waals surface area (Å²) in [4.78, 5) is 0. The van der Waals surface area contributed by atoms with Crippen molar-refractivity contribution in [3.05, 3.63) is 52.6 Å². The Hall–Kier alpha value is -2.15. The molecule has 4 heteroatoms. The summed E-state index contributed by atoms with van der Waals surface area (Å²) in [6.07, 6.45) is 0. The summed E-state index contributed by atoms with van der Waals surface area (Å²) in [6.45, 7) is 4.17. The average molecular weight is 229 g/mol. The average Bonchev–Trinajstić information content (AvgIpc) is 2.60. The third kappa shape index (κ3) is 2.34. The monoisotopic (exact) mass is 229 g/mol. The van der Waals surface area contributed by atoms with Gasteiger partial charge in [0.2, 0.25) is 0 Å². The fourth-order valence-corrected chi connectivity index (χ4v) is 1.76. The fourth-order valence-electron chi connectivity index (χ4n) is 1.76. The molecule has 86 valence electrons. The SMILES string of the molecule is Cc1cc(C)n(Cc2cc(C#N)ccc2F)n1. The maximum absolute atomic E-state index is 13.6. The summed E-state index contributed by atoms with van der Waals surface area (Å²) < 4.78 is 15.3. The highest BCUT2D eigenvalue weighted by molar-refractivity contribution is 5.34. The van der Waals surface area contributed by atoms with E-state index in [4.69, 9.17) is 5.26 Å². The molecule has 1 aromatic heterocycles. The quantitative estimate of drug-likeness (QED) is 0.794. The van der Waals surface area contributed by atoms with Crippen LogP contribution in [0.5, 0.6) is 0 Å². The third-order valence-corrected chi connectivity index (χ3v) is 2.60. The molecule has 1 heterocycles. The van der Waals surface area contributed by atoms with Crippen LogP contribution >= 0.6 is 0 Å². The van der Waals surface area contributed by atoms with Gasteiger partial charge in [0.05, 0.1) is 23.9 Å². The Morgan fingerprint density at radius 3 is 2.71 bits per heavy atom. The molecule has 0 aliphatic heterocycles. The largest absolute Gasteiger partial charge is 0.265 e.